The molecule has 2 unspecified atom stereocenters. The van der Waals surface area contributed by atoms with E-state index in [-0.39, 0.29) is 0 Å². The van der Waals surface area contributed by atoms with E-state index in [9.17, 15) is 5.26 Å². The molecule has 0 aromatic heterocycles. The zero-order chi connectivity index (χ0) is 24.2. The van der Waals surface area contributed by atoms with Crippen molar-refractivity contribution in [2.75, 3.05) is 13.6 Å². The summed E-state index contributed by atoms with van der Waals surface area (Å²) in [7, 11) is 2.21. The number of unbranched alkanes of at least 4 members (excludes halogenated alkanes) is 1. The molecular weight excluding hydrogens is 412 g/mol. The minimum atomic E-state index is -0.574. The predicted octanol–water partition coefficient (Wildman–Crippen LogP) is 7.85. The molecule has 0 heterocycles. The van der Waals surface area contributed by atoms with Crippen LogP contribution in [0.4, 0.5) is 0 Å². The fourth-order valence-electron chi connectivity index (χ4n) is 5.30. The molecule has 2 nitrogen and oxygen atoms in total. The Morgan fingerprint density at radius 3 is 1.76 bits per heavy atom. The van der Waals surface area contributed by atoms with E-state index in [0.717, 1.165) is 37.1 Å². The molecular formula is C32H40N2. The van der Waals surface area contributed by atoms with Crippen LogP contribution in [0.1, 0.15) is 62.6 Å². The lowest BCUT2D eigenvalue weighted by Gasteiger charge is -2.34. The van der Waals surface area contributed by atoms with E-state index in [1.165, 1.54) is 24.8 Å². The normalized spacial score (nSPS) is 17.6. The van der Waals surface area contributed by atoms with E-state index in [0.29, 0.717) is 11.8 Å². The molecule has 34 heavy (non-hydrogen) atoms. The highest BCUT2D eigenvalue weighted by Gasteiger charge is 2.45. The number of hydrogen-bond donors (Lipinski definition) is 0. The molecule has 0 aliphatic heterocycles. The molecule has 4 rings (SSSR count). The molecule has 178 valence electrons. The second-order valence-corrected chi connectivity index (χ2v) is 9.71. The highest BCUT2D eigenvalue weighted by molar-refractivity contribution is 5.47. The first kappa shape index (κ1) is 25.7. The van der Waals surface area contributed by atoms with E-state index in [4.69, 9.17) is 0 Å². The van der Waals surface area contributed by atoms with Crippen molar-refractivity contribution in [3.8, 4) is 6.07 Å². The number of hydrogen-bond acceptors (Lipinski definition) is 2. The van der Waals surface area contributed by atoms with Crippen molar-refractivity contribution in [2.45, 2.75) is 57.9 Å². The molecule has 0 bridgehead atoms. The third-order valence-electron chi connectivity index (χ3n) is 7.15. The van der Waals surface area contributed by atoms with Crippen molar-refractivity contribution in [1.82, 2.24) is 4.90 Å². The Balaban J connectivity index is 0.000000751. The minimum Gasteiger partial charge on any atom is -0.302 e. The van der Waals surface area contributed by atoms with Gasteiger partial charge in [-0.3, -0.25) is 0 Å². The van der Waals surface area contributed by atoms with Gasteiger partial charge in [0.15, 0.2) is 0 Å². The van der Waals surface area contributed by atoms with Gasteiger partial charge in [-0.2, -0.15) is 5.26 Å². The van der Waals surface area contributed by atoms with Crippen LogP contribution in [0.2, 0.25) is 0 Å². The van der Waals surface area contributed by atoms with Gasteiger partial charge < -0.3 is 4.90 Å². The van der Waals surface area contributed by atoms with Crippen LogP contribution in [0.15, 0.2) is 91.0 Å². The summed E-state index contributed by atoms with van der Waals surface area (Å²) in [5.74, 6) is 0.964. The smallest absolute Gasteiger partial charge is 0.110 e. The lowest BCUT2D eigenvalue weighted by Crippen LogP contribution is -2.34. The molecule has 0 N–H and O–H groups in total. The van der Waals surface area contributed by atoms with Crippen LogP contribution < -0.4 is 0 Å². The standard InChI is InChI=1S/C28H30N2.C4H10/c1-30(20-23-11-5-2-6-12-23)21-24-17-18-27(19-24)28(22-29,25-13-7-3-8-14-25)26-15-9-4-10-16-26;1-3-4-2/h2-16,24,27H,17-21H2,1H3;3-4H2,1-2H3. The van der Waals surface area contributed by atoms with E-state index >= 15 is 0 Å². The number of nitrogens with zero attached hydrogens (tertiary/aromatic N) is 2. The van der Waals surface area contributed by atoms with Crippen molar-refractivity contribution < 1.29 is 0 Å². The first-order valence-electron chi connectivity index (χ1n) is 12.9. The largest absolute Gasteiger partial charge is 0.302 e. The SMILES string of the molecule is CCCC.CN(Cc1ccccc1)CC1CCC(C(C#N)(c2ccccc2)c2ccccc2)C1. The molecule has 0 spiro atoms. The van der Waals surface area contributed by atoms with E-state index in [2.05, 4.69) is 111 Å². The van der Waals surface area contributed by atoms with Crippen LogP contribution in [-0.2, 0) is 12.0 Å². The summed E-state index contributed by atoms with van der Waals surface area (Å²) >= 11 is 0. The summed E-state index contributed by atoms with van der Waals surface area (Å²) in [5, 5.41) is 10.5. The van der Waals surface area contributed by atoms with Crippen LogP contribution in [0.3, 0.4) is 0 Å². The van der Waals surface area contributed by atoms with Gasteiger partial charge in [-0.15, -0.1) is 0 Å². The van der Waals surface area contributed by atoms with Gasteiger partial charge in [0.1, 0.15) is 5.41 Å². The quantitative estimate of drug-likeness (QED) is 0.348. The first-order chi connectivity index (χ1) is 16.6. The lowest BCUT2D eigenvalue weighted by atomic mass is 9.66. The number of rotatable bonds is 8. The van der Waals surface area contributed by atoms with Crippen LogP contribution >= 0.6 is 0 Å². The molecule has 0 radical (unpaired) electrons. The Morgan fingerprint density at radius 2 is 1.29 bits per heavy atom. The highest BCUT2D eigenvalue weighted by atomic mass is 15.1. The summed E-state index contributed by atoms with van der Waals surface area (Å²) < 4.78 is 0. The summed E-state index contributed by atoms with van der Waals surface area (Å²) in [5.41, 5.74) is 3.04. The van der Waals surface area contributed by atoms with Crippen molar-refractivity contribution >= 4 is 0 Å². The fourth-order valence-corrected chi connectivity index (χ4v) is 5.30. The molecule has 1 fully saturated rings. The van der Waals surface area contributed by atoms with Crippen LogP contribution in [0.25, 0.3) is 0 Å². The highest BCUT2D eigenvalue weighted by Crippen LogP contribution is 2.48. The van der Waals surface area contributed by atoms with Crippen molar-refractivity contribution in [2.24, 2.45) is 11.8 Å². The van der Waals surface area contributed by atoms with Crippen molar-refractivity contribution in [3.05, 3.63) is 108 Å². The monoisotopic (exact) mass is 452 g/mol. The molecule has 1 aliphatic carbocycles. The van der Waals surface area contributed by atoms with Crippen molar-refractivity contribution in [3.63, 3.8) is 0 Å². The van der Waals surface area contributed by atoms with Gasteiger partial charge in [-0.05, 0) is 54.8 Å². The predicted molar refractivity (Wildman–Crippen MR) is 143 cm³/mol. The zero-order valence-corrected chi connectivity index (χ0v) is 21.2. The molecule has 0 amide bonds. The number of nitriles is 1. The molecule has 1 saturated carbocycles. The van der Waals surface area contributed by atoms with Gasteiger partial charge in [-0.1, -0.05) is 118 Å². The summed E-state index contributed by atoms with van der Waals surface area (Å²) in [4.78, 5) is 2.43. The summed E-state index contributed by atoms with van der Waals surface area (Å²) in [6.45, 7) is 6.42. The Morgan fingerprint density at radius 1 is 0.794 bits per heavy atom. The van der Waals surface area contributed by atoms with Gasteiger partial charge in [-0.25, -0.2) is 0 Å². The average molecular weight is 453 g/mol. The third-order valence-corrected chi connectivity index (χ3v) is 7.15. The van der Waals surface area contributed by atoms with Gasteiger partial charge in [0.2, 0.25) is 0 Å². The Labute approximate surface area is 207 Å². The minimum absolute atomic E-state index is 0.336. The van der Waals surface area contributed by atoms with E-state index < -0.39 is 5.41 Å². The van der Waals surface area contributed by atoms with Crippen LogP contribution in [0, 0.1) is 23.2 Å². The molecule has 2 atom stereocenters. The Kier molecular flexibility index (Phi) is 9.92. The molecule has 0 saturated heterocycles. The zero-order valence-electron chi connectivity index (χ0n) is 21.2. The molecule has 1 aliphatic rings. The fraction of sp³-hybridized carbons (Fsp3) is 0.406. The first-order valence-corrected chi connectivity index (χ1v) is 12.9. The summed E-state index contributed by atoms with van der Waals surface area (Å²) in [6.07, 6.45) is 6.02. The van der Waals surface area contributed by atoms with Gasteiger partial charge in [0.25, 0.3) is 0 Å². The Hall–Kier alpha value is -2.89. The average Bonchev–Trinajstić information content (AvgIpc) is 3.35. The molecule has 3 aromatic rings. The van der Waals surface area contributed by atoms with E-state index in [1.54, 1.807) is 0 Å². The Bertz CT molecular complexity index is 950. The van der Waals surface area contributed by atoms with Gasteiger partial charge in [0.05, 0.1) is 6.07 Å². The van der Waals surface area contributed by atoms with Crippen LogP contribution in [0.5, 0.6) is 0 Å². The maximum Gasteiger partial charge on any atom is 0.110 e. The van der Waals surface area contributed by atoms with Crippen molar-refractivity contribution in [1.29, 1.82) is 5.26 Å². The second-order valence-electron chi connectivity index (χ2n) is 9.71. The van der Waals surface area contributed by atoms with Gasteiger partial charge in [0, 0.05) is 13.1 Å². The maximum absolute atomic E-state index is 10.5. The third kappa shape index (κ3) is 6.37. The van der Waals surface area contributed by atoms with E-state index in [1.807, 2.05) is 12.1 Å². The van der Waals surface area contributed by atoms with Gasteiger partial charge >= 0.3 is 0 Å². The van der Waals surface area contributed by atoms with Crippen LogP contribution in [-0.4, -0.2) is 18.5 Å². The molecule has 3 aromatic carbocycles. The maximum atomic E-state index is 10.5. The summed E-state index contributed by atoms with van der Waals surface area (Å²) in [6, 6.07) is 34.3. The number of benzene rings is 3. The topological polar surface area (TPSA) is 27.0 Å². The molecule has 2 heteroatoms. The second kappa shape index (κ2) is 13.1. The lowest BCUT2D eigenvalue weighted by molar-refractivity contribution is 0.262.